The zero-order valence-electron chi connectivity index (χ0n) is 17.7. The number of thiazole rings is 1. The third-order valence-corrected chi connectivity index (χ3v) is 6.48. The number of carbonyl (C=O) groups excluding carboxylic acids is 1. The molecule has 158 valence electrons. The van der Waals surface area contributed by atoms with Crippen molar-refractivity contribution in [1.29, 1.82) is 0 Å². The van der Waals surface area contributed by atoms with Crippen LogP contribution in [0.5, 0.6) is 0 Å². The normalized spacial score (nSPS) is 11.0. The van der Waals surface area contributed by atoms with Gasteiger partial charge in [0.1, 0.15) is 5.76 Å². The van der Waals surface area contributed by atoms with Crippen LogP contribution in [0.3, 0.4) is 0 Å². The van der Waals surface area contributed by atoms with Crippen LogP contribution in [-0.2, 0) is 13.0 Å². The van der Waals surface area contributed by atoms with Crippen LogP contribution >= 0.6 is 11.3 Å². The zero-order valence-corrected chi connectivity index (χ0v) is 18.5. The maximum atomic E-state index is 13.6. The van der Waals surface area contributed by atoms with Gasteiger partial charge in [0.25, 0.3) is 5.91 Å². The number of anilines is 1. The molecule has 4 nitrogen and oxygen atoms in total. The Balaban J connectivity index is 1.45. The minimum atomic E-state index is -0.0932. The first-order chi connectivity index (χ1) is 15.7. The van der Waals surface area contributed by atoms with Crippen molar-refractivity contribution in [1.82, 2.24) is 4.98 Å². The lowest BCUT2D eigenvalue weighted by Crippen LogP contribution is -2.30. The maximum Gasteiger partial charge on any atom is 0.260 e. The summed E-state index contributed by atoms with van der Waals surface area (Å²) in [5.41, 5.74) is 5.07. The lowest BCUT2D eigenvalue weighted by molar-refractivity contribution is 0.0983. The fraction of sp³-hybridized carbons (Fsp3) is 0.111. The summed E-state index contributed by atoms with van der Waals surface area (Å²) >= 11 is 1.52. The van der Waals surface area contributed by atoms with Crippen molar-refractivity contribution in [2.75, 3.05) is 4.90 Å². The Morgan fingerprint density at radius 3 is 2.41 bits per heavy atom. The molecule has 3 aromatic carbocycles. The smallest absolute Gasteiger partial charge is 0.260 e. The first kappa shape index (κ1) is 20.2. The number of amides is 1. The molecule has 0 bridgehead atoms. The van der Waals surface area contributed by atoms with E-state index in [1.165, 1.54) is 22.5 Å². The Hall–Kier alpha value is -3.70. The third kappa shape index (κ3) is 4.20. The number of nitrogens with zero attached hydrogens (tertiary/aromatic N) is 2. The number of fused-ring (bicyclic) bond motifs is 1. The number of para-hydroxylation sites is 1. The van der Waals surface area contributed by atoms with Crippen molar-refractivity contribution >= 4 is 32.6 Å². The summed E-state index contributed by atoms with van der Waals surface area (Å²) in [4.78, 5) is 20.1. The second kappa shape index (κ2) is 8.81. The number of hydrogen-bond acceptors (Lipinski definition) is 4. The van der Waals surface area contributed by atoms with Crippen molar-refractivity contribution in [3.8, 4) is 0 Å². The monoisotopic (exact) mass is 438 g/mol. The standard InChI is InChI=1S/C27H22N2O2S/c1-19-7-5-11-24-25(19)28-27(32-24)29(18-23-10-6-16-31-23)26(30)22-14-12-21(13-15-22)17-20-8-3-2-4-9-20/h2-16H,17-18H2,1H3. The molecule has 0 unspecified atom stereocenters. The molecular weight excluding hydrogens is 416 g/mol. The lowest BCUT2D eigenvalue weighted by atomic mass is 10.0. The molecular formula is C27H22N2O2S. The van der Waals surface area contributed by atoms with Gasteiger partial charge in [-0.25, -0.2) is 4.98 Å². The van der Waals surface area contributed by atoms with Crippen molar-refractivity contribution in [2.45, 2.75) is 19.9 Å². The molecule has 5 rings (SSSR count). The molecule has 5 aromatic rings. The van der Waals surface area contributed by atoms with E-state index >= 15 is 0 Å². The largest absolute Gasteiger partial charge is 0.467 e. The summed E-state index contributed by atoms with van der Waals surface area (Å²) in [6.45, 7) is 2.37. The third-order valence-electron chi connectivity index (χ3n) is 5.43. The number of carbonyl (C=O) groups is 1. The molecule has 0 atom stereocenters. The fourth-order valence-electron chi connectivity index (χ4n) is 3.73. The van der Waals surface area contributed by atoms with E-state index in [1.54, 1.807) is 11.2 Å². The second-order valence-electron chi connectivity index (χ2n) is 7.75. The van der Waals surface area contributed by atoms with E-state index in [4.69, 9.17) is 9.40 Å². The molecule has 5 heteroatoms. The molecule has 0 aliphatic rings. The van der Waals surface area contributed by atoms with E-state index in [9.17, 15) is 4.79 Å². The number of hydrogen-bond donors (Lipinski definition) is 0. The Morgan fingerprint density at radius 2 is 1.69 bits per heavy atom. The summed E-state index contributed by atoms with van der Waals surface area (Å²) in [6, 6.07) is 28.0. The van der Waals surface area contributed by atoms with Crippen LogP contribution in [0.2, 0.25) is 0 Å². The number of benzene rings is 3. The summed E-state index contributed by atoms with van der Waals surface area (Å²) in [7, 11) is 0. The van der Waals surface area contributed by atoms with Gasteiger partial charge in [-0.1, -0.05) is 65.9 Å². The van der Waals surface area contributed by atoms with Gasteiger partial charge in [-0.3, -0.25) is 9.69 Å². The van der Waals surface area contributed by atoms with Crippen LogP contribution < -0.4 is 4.90 Å². The molecule has 0 spiro atoms. The van der Waals surface area contributed by atoms with Crippen LogP contribution in [0.15, 0.2) is 95.6 Å². The van der Waals surface area contributed by atoms with Gasteiger partial charge >= 0.3 is 0 Å². The van der Waals surface area contributed by atoms with Gasteiger partial charge < -0.3 is 4.42 Å². The lowest BCUT2D eigenvalue weighted by Gasteiger charge is -2.19. The minimum Gasteiger partial charge on any atom is -0.467 e. The predicted octanol–water partition coefficient (Wildman–Crippen LogP) is 6.64. The maximum absolute atomic E-state index is 13.6. The van der Waals surface area contributed by atoms with Crippen LogP contribution in [0.4, 0.5) is 5.13 Å². The number of rotatable bonds is 6. The highest BCUT2D eigenvalue weighted by Gasteiger charge is 2.23. The first-order valence-electron chi connectivity index (χ1n) is 10.5. The molecule has 2 heterocycles. The van der Waals surface area contributed by atoms with E-state index in [0.717, 1.165) is 28.0 Å². The van der Waals surface area contributed by atoms with Crippen LogP contribution in [0.1, 0.15) is 32.8 Å². The highest BCUT2D eigenvalue weighted by molar-refractivity contribution is 7.22. The average molecular weight is 439 g/mol. The van der Waals surface area contributed by atoms with Gasteiger partial charge in [0.15, 0.2) is 5.13 Å². The molecule has 0 aliphatic heterocycles. The molecule has 1 amide bonds. The summed E-state index contributed by atoms with van der Waals surface area (Å²) in [6.07, 6.45) is 2.46. The molecule has 0 saturated heterocycles. The SMILES string of the molecule is Cc1cccc2sc(N(Cc3ccco3)C(=O)c3ccc(Cc4ccccc4)cc3)nc12. The van der Waals surface area contributed by atoms with Crippen molar-refractivity contribution in [3.63, 3.8) is 0 Å². The molecule has 32 heavy (non-hydrogen) atoms. The van der Waals surface area contributed by atoms with Gasteiger partial charge in [-0.15, -0.1) is 0 Å². The Kier molecular flexibility index (Phi) is 5.57. The van der Waals surface area contributed by atoms with Crippen LogP contribution in [-0.4, -0.2) is 10.9 Å². The molecule has 0 radical (unpaired) electrons. The summed E-state index contributed by atoms with van der Waals surface area (Å²) in [5, 5.41) is 0.670. The van der Waals surface area contributed by atoms with Gasteiger partial charge in [0.2, 0.25) is 0 Å². The molecule has 0 saturated carbocycles. The predicted molar refractivity (Wildman–Crippen MR) is 129 cm³/mol. The van der Waals surface area contributed by atoms with Gasteiger partial charge in [-0.05, 0) is 60.4 Å². The second-order valence-corrected chi connectivity index (χ2v) is 8.76. The van der Waals surface area contributed by atoms with Crippen molar-refractivity contribution < 1.29 is 9.21 Å². The average Bonchev–Trinajstić information content (AvgIpc) is 3.49. The Bertz CT molecular complexity index is 1340. The number of aryl methyl sites for hydroxylation is 1. The molecule has 0 fully saturated rings. The van der Waals surface area contributed by atoms with E-state index in [-0.39, 0.29) is 5.91 Å². The Labute approximate surface area is 190 Å². The van der Waals surface area contributed by atoms with Gasteiger partial charge in [0.05, 0.1) is 23.0 Å². The van der Waals surface area contributed by atoms with Crippen LogP contribution in [0, 0.1) is 6.92 Å². The minimum absolute atomic E-state index is 0.0932. The molecule has 0 aliphatic carbocycles. The molecule has 0 N–H and O–H groups in total. The molecule has 2 aromatic heterocycles. The first-order valence-corrected chi connectivity index (χ1v) is 11.3. The highest BCUT2D eigenvalue weighted by atomic mass is 32.1. The summed E-state index contributed by atoms with van der Waals surface area (Å²) in [5.74, 6) is 0.624. The number of furan rings is 1. The zero-order chi connectivity index (χ0) is 21.9. The number of aromatic nitrogens is 1. The van der Waals surface area contributed by atoms with E-state index in [0.29, 0.717) is 17.2 Å². The van der Waals surface area contributed by atoms with E-state index in [2.05, 4.69) is 12.1 Å². The fourth-order valence-corrected chi connectivity index (χ4v) is 4.77. The van der Waals surface area contributed by atoms with Gasteiger partial charge in [-0.2, -0.15) is 0 Å². The van der Waals surface area contributed by atoms with E-state index in [1.807, 2.05) is 79.7 Å². The van der Waals surface area contributed by atoms with Gasteiger partial charge in [0, 0.05) is 5.56 Å². The topological polar surface area (TPSA) is 46.3 Å². The summed E-state index contributed by atoms with van der Waals surface area (Å²) < 4.78 is 6.60. The Morgan fingerprint density at radius 1 is 0.906 bits per heavy atom. The van der Waals surface area contributed by atoms with Crippen molar-refractivity contribution in [3.05, 3.63) is 119 Å². The van der Waals surface area contributed by atoms with E-state index < -0.39 is 0 Å². The highest BCUT2D eigenvalue weighted by Crippen LogP contribution is 2.32. The van der Waals surface area contributed by atoms with Crippen molar-refractivity contribution in [2.24, 2.45) is 0 Å². The quantitative estimate of drug-likeness (QED) is 0.299. The van der Waals surface area contributed by atoms with Crippen LogP contribution in [0.25, 0.3) is 10.2 Å².